The van der Waals surface area contributed by atoms with Crippen LogP contribution in [0.1, 0.15) is 47.2 Å². The topological polar surface area (TPSA) is 17.3 Å². The first-order valence-corrected chi connectivity index (χ1v) is 17.2. The molecule has 0 bridgehead atoms. The number of pyridine rings is 1. The maximum Gasteiger partial charge on any atom is 0.146 e. The minimum Gasteiger partial charge on any atom is -0.292 e. The zero-order valence-electron chi connectivity index (χ0n) is 27.4. The zero-order valence-corrected chi connectivity index (χ0v) is 27.4. The second kappa shape index (κ2) is 9.33. The molecule has 1 spiro atoms. The molecule has 11 rings (SSSR count). The minimum atomic E-state index is -0.411. The van der Waals surface area contributed by atoms with E-state index in [1.165, 1.54) is 77.3 Å². The Balaban J connectivity index is 1.23. The van der Waals surface area contributed by atoms with Gasteiger partial charge in [-0.2, -0.15) is 0 Å². The van der Waals surface area contributed by atoms with Gasteiger partial charge in [0, 0.05) is 16.2 Å². The van der Waals surface area contributed by atoms with Crippen LogP contribution in [0.2, 0.25) is 0 Å². The van der Waals surface area contributed by atoms with Crippen molar-refractivity contribution in [3.05, 3.63) is 191 Å². The van der Waals surface area contributed by atoms with Crippen molar-refractivity contribution in [3.8, 4) is 22.3 Å². The lowest BCUT2D eigenvalue weighted by molar-refractivity contribution is 0.563. The molecule has 0 atom stereocenters. The SMILES string of the molecule is CC1(C)c2ccccc2C2(c3ccccc3-c3ccccc32)c2cc(-c3ccc4c5ccccc5n5c6ccccc6nc5c4c3)ccc21. The molecule has 0 unspecified atom stereocenters. The Labute approximate surface area is 284 Å². The summed E-state index contributed by atoms with van der Waals surface area (Å²) in [5.74, 6) is 0. The lowest BCUT2D eigenvalue weighted by atomic mass is 9.55. The van der Waals surface area contributed by atoms with Gasteiger partial charge in [-0.25, -0.2) is 4.98 Å². The van der Waals surface area contributed by atoms with Gasteiger partial charge in [0.25, 0.3) is 0 Å². The molecule has 0 amide bonds. The number of benzene rings is 7. The van der Waals surface area contributed by atoms with E-state index < -0.39 is 5.41 Å². The van der Waals surface area contributed by atoms with Crippen LogP contribution >= 0.6 is 0 Å². The molecule has 9 aromatic rings. The average molecular weight is 625 g/mol. The van der Waals surface area contributed by atoms with Crippen LogP contribution in [0.5, 0.6) is 0 Å². The molecule has 2 heteroatoms. The predicted molar refractivity (Wildman–Crippen MR) is 203 cm³/mol. The number of aromatic nitrogens is 2. The highest BCUT2D eigenvalue weighted by atomic mass is 15.0. The highest BCUT2D eigenvalue weighted by Gasteiger charge is 2.53. The van der Waals surface area contributed by atoms with Crippen molar-refractivity contribution in [2.45, 2.75) is 24.7 Å². The molecule has 0 aliphatic heterocycles. The first-order chi connectivity index (χ1) is 24.1. The van der Waals surface area contributed by atoms with Crippen LogP contribution in [0.3, 0.4) is 0 Å². The van der Waals surface area contributed by atoms with Gasteiger partial charge in [0.05, 0.1) is 22.0 Å². The van der Waals surface area contributed by atoms with Crippen LogP contribution in [-0.2, 0) is 10.8 Å². The largest absolute Gasteiger partial charge is 0.292 e. The molecule has 0 saturated carbocycles. The second-order valence-electron chi connectivity index (χ2n) is 14.3. The highest BCUT2D eigenvalue weighted by molar-refractivity contribution is 6.14. The third-order valence-corrected chi connectivity index (χ3v) is 11.6. The molecule has 2 aliphatic rings. The Morgan fingerprint density at radius 2 is 1.00 bits per heavy atom. The Morgan fingerprint density at radius 3 is 1.78 bits per heavy atom. The average Bonchev–Trinajstić information content (AvgIpc) is 3.69. The Hall–Kier alpha value is -5.99. The lowest BCUT2D eigenvalue weighted by Gasteiger charge is -2.46. The summed E-state index contributed by atoms with van der Waals surface area (Å²) >= 11 is 0. The third-order valence-electron chi connectivity index (χ3n) is 11.6. The fraction of sp³-hybridized carbons (Fsp3) is 0.0851. The molecule has 2 aliphatic carbocycles. The number of imidazole rings is 1. The molecule has 2 nitrogen and oxygen atoms in total. The molecule has 0 fully saturated rings. The van der Waals surface area contributed by atoms with Crippen LogP contribution in [0.25, 0.3) is 60.6 Å². The standard InChI is InChI=1S/C47H32N2/c1-46(2)38-18-8-9-19-40(38)47(36-16-6-3-13-32(36)33-14-4-7-17-37(33)47)41-28-30(24-26-39(41)46)29-23-25-31-34-15-5-11-21-43(34)49-44-22-12-10-20-42(44)48-45(49)35(31)27-29/h3-28H,1-2H3. The maximum atomic E-state index is 5.21. The molecule has 7 aromatic carbocycles. The molecule has 0 N–H and O–H groups in total. The van der Waals surface area contributed by atoms with Crippen molar-refractivity contribution in [1.29, 1.82) is 0 Å². The smallest absolute Gasteiger partial charge is 0.146 e. The van der Waals surface area contributed by atoms with E-state index >= 15 is 0 Å². The first kappa shape index (κ1) is 27.0. The molecule has 2 heterocycles. The van der Waals surface area contributed by atoms with E-state index in [9.17, 15) is 0 Å². The molecular weight excluding hydrogens is 593 g/mol. The molecule has 0 saturated heterocycles. The predicted octanol–water partition coefficient (Wildman–Crippen LogP) is 11.5. The first-order valence-electron chi connectivity index (χ1n) is 17.2. The monoisotopic (exact) mass is 624 g/mol. The van der Waals surface area contributed by atoms with Crippen LogP contribution < -0.4 is 0 Å². The summed E-state index contributed by atoms with van der Waals surface area (Å²) in [5, 5.41) is 3.63. The minimum absolute atomic E-state index is 0.160. The summed E-state index contributed by atoms with van der Waals surface area (Å²) in [4.78, 5) is 5.21. The van der Waals surface area contributed by atoms with Gasteiger partial charge >= 0.3 is 0 Å². The van der Waals surface area contributed by atoms with E-state index in [0.29, 0.717) is 0 Å². The van der Waals surface area contributed by atoms with Gasteiger partial charge in [0.1, 0.15) is 5.65 Å². The van der Waals surface area contributed by atoms with Gasteiger partial charge in [-0.15, -0.1) is 0 Å². The van der Waals surface area contributed by atoms with Gasteiger partial charge < -0.3 is 0 Å². The summed E-state index contributed by atoms with van der Waals surface area (Å²) in [6.07, 6.45) is 0. The Bertz CT molecular complexity index is 2820. The van der Waals surface area contributed by atoms with Crippen molar-refractivity contribution in [2.24, 2.45) is 0 Å². The summed E-state index contributed by atoms with van der Waals surface area (Å²) in [5.41, 5.74) is 17.1. The summed E-state index contributed by atoms with van der Waals surface area (Å²) < 4.78 is 2.34. The van der Waals surface area contributed by atoms with Gasteiger partial charge in [0.15, 0.2) is 0 Å². The molecule has 49 heavy (non-hydrogen) atoms. The Kier molecular flexibility index (Phi) is 5.14. The van der Waals surface area contributed by atoms with E-state index in [-0.39, 0.29) is 5.41 Å². The van der Waals surface area contributed by atoms with Crippen LogP contribution in [0.4, 0.5) is 0 Å². The van der Waals surface area contributed by atoms with Gasteiger partial charge in [-0.3, -0.25) is 4.40 Å². The fourth-order valence-corrected chi connectivity index (χ4v) is 9.53. The van der Waals surface area contributed by atoms with E-state index in [0.717, 1.165) is 16.7 Å². The fourth-order valence-electron chi connectivity index (χ4n) is 9.53. The van der Waals surface area contributed by atoms with Crippen molar-refractivity contribution in [1.82, 2.24) is 9.38 Å². The van der Waals surface area contributed by atoms with Gasteiger partial charge in [0.2, 0.25) is 0 Å². The summed E-state index contributed by atoms with van der Waals surface area (Å²) in [7, 11) is 0. The van der Waals surface area contributed by atoms with Crippen LogP contribution in [-0.4, -0.2) is 9.38 Å². The van der Waals surface area contributed by atoms with Crippen molar-refractivity contribution >= 4 is 38.4 Å². The van der Waals surface area contributed by atoms with Gasteiger partial charge in [-0.1, -0.05) is 141 Å². The third kappa shape index (κ3) is 3.29. The van der Waals surface area contributed by atoms with E-state index in [1.807, 2.05) is 0 Å². The maximum absolute atomic E-state index is 5.21. The quantitative estimate of drug-likeness (QED) is 0.166. The van der Waals surface area contributed by atoms with Crippen LogP contribution in [0.15, 0.2) is 158 Å². The van der Waals surface area contributed by atoms with Crippen molar-refractivity contribution in [2.75, 3.05) is 0 Å². The summed E-state index contributed by atoms with van der Waals surface area (Å²) in [6.45, 7) is 4.79. The highest BCUT2D eigenvalue weighted by Crippen LogP contribution is 2.62. The number of hydrogen-bond acceptors (Lipinski definition) is 1. The normalized spacial score (nSPS) is 15.1. The molecule has 230 valence electrons. The summed E-state index contributed by atoms with van der Waals surface area (Å²) in [6, 6.07) is 58.7. The van der Waals surface area contributed by atoms with Crippen molar-refractivity contribution < 1.29 is 0 Å². The Morgan fingerprint density at radius 1 is 0.429 bits per heavy atom. The lowest BCUT2D eigenvalue weighted by Crippen LogP contribution is -2.40. The molecule has 2 aromatic heterocycles. The number of nitrogens with zero attached hydrogens (tertiary/aromatic N) is 2. The van der Waals surface area contributed by atoms with Gasteiger partial charge in [-0.05, 0) is 91.4 Å². The van der Waals surface area contributed by atoms with E-state index in [4.69, 9.17) is 4.98 Å². The number of fused-ring (bicyclic) bond motifs is 17. The van der Waals surface area contributed by atoms with Crippen molar-refractivity contribution in [3.63, 3.8) is 0 Å². The van der Waals surface area contributed by atoms with E-state index in [2.05, 4.69) is 176 Å². The molecule has 0 radical (unpaired) electrons. The number of hydrogen-bond donors (Lipinski definition) is 0. The second-order valence-corrected chi connectivity index (χ2v) is 14.3. The molecular formula is C47H32N2. The number of rotatable bonds is 1. The van der Waals surface area contributed by atoms with E-state index in [1.54, 1.807) is 0 Å². The zero-order chi connectivity index (χ0) is 32.5. The van der Waals surface area contributed by atoms with Crippen LogP contribution in [0, 0.1) is 0 Å². The number of para-hydroxylation sites is 3.